The molecule has 2 aliphatic rings. The molecule has 5 heterocycles. The summed E-state index contributed by atoms with van der Waals surface area (Å²) in [6, 6.07) is 6.32. The molecule has 200 valence electrons. The molecule has 7 rings (SSSR count). The highest BCUT2D eigenvalue weighted by Gasteiger charge is 2.36. The highest BCUT2D eigenvalue weighted by atomic mass is 32.1. The molecule has 1 aliphatic heterocycles. The maximum Gasteiger partial charge on any atom is 0.318 e. The topological polar surface area (TPSA) is 149 Å². The Kier molecular flexibility index (Phi) is 5.36. The molecular formula is C27H20F2N8O2S. The lowest BCUT2D eigenvalue weighted by molar-refractivity contribution is 0.315. The standard InChI is InChI=1S/C27H20F2N8O2S/c1-38-27-35-21-18-25(36-27)37(15-5-2-11-6-7-33-23(31)16(11)15)8-9-39-26(18)34-20(19(21)29)12-3-4-14(28)22-17(12)13(10-30)24(32)40-22/h3-4,6-7,15H,2,5,8-9,32H2,1H3,(H2,31,33). The fraction of sp³-hybridized carbons (Fsp3) is 0.222. The van der Waals surface area contributed by atoms with Gasteiger partial charge in [-0.15, -0.1) is 11.3 Å². The number of hydrogen-bond acceptors (Lipinski definition) is 11. The number of hydrogen-bond donors (Lipinski definition) is 2. The Morgan fingerprint density at radius 2 is 2.02 bits per heavy atom. The van der Waals surface area contributed by atoms with E-state index in [1.165, 1.54) is 19.2 Å². The molecule has 0 fully saturated rings. The van der Waals surface area contributed by atoms with Gasteiger partial charge in [0.1, 0.15) is 51.7 Å². The lowest BCUT2D eigenvalue weighted by Gasteiger charge is -2.30. The van der Waals surface area contributed by atoms with Gasteiger partial charge in [0.25, 0.3) is 0 Å². The summed E-state index contributed by atoms with van der Waals surface area (Å²) >= 11 is 0.922. The Balaban J connectivity index is 1.50. The molecule has 0 saturated carbocycles. The van der Waals surface area contributed by atoms with Crippen molar-refractivity contribution in [3.63, 3.8) is 0 Å². The van der Waals surface area contributed by atoms with E-state index in [0.29, 0.717) is 18.2 Å². The lowest BCUT2D eigenvalue weighted by Crippen LogP contribution is -2.32. The number of aromatic nitrogens is 4. The van der Waals surface area contributed by atoms with Crippen molar-refractivity contribution in [1.29, 1.82) is 5.26 Å². The third kappa shape index (κ3) is 3.35. The van der Waals surface area contributed by atoms with E-state index in [9.17, 15) is 9.65 Å². The third-order valence-electron chi connectivity index (χ3n) is 7.43. The second kappa shape index (κ2) is 8.85. The van der Waals surface area contributed by atoms with Gasteiger partial charge in [-0.3, -0.25) is 0 Å². The van der Waals surface area contributed by atoms with Crippen LogP contribution in [0, 0.1) is 23.0 Å². The smallest absolute Gasteiger partial charge is 0.318 e. The number of anilines is 3. The number of halogens is 2. The van der Waals surface area contributed by atoms with Crippen LogP contribution in [0.15, 0.2) is 24.4 Å². The zero-order valence-corrected chi connectivity index (χ0v) is 21.9. The molecule has 13 heteroatoms. The summed E-state index contributed by atoms with van der Waals surface area (Å²) in [7, 11) is 1.40. The highest BCUT2D eigenvalue weighted by molar-refractivity contribution is 7.23. The SMILES string of the molecule is COc1nc2c3c(nc(-c4ccc(F)c5sc(N)c(C#N)c45)c(F)c3n1)OCCN2C1CCc2ccnc(N)c21. The van der Waals surface area contributed by atoms with Gasteiger partial charge in [-0.2, -0.15) is 15.2 Å². The van der Waals surface area contributed by atoms with Crippen molar-refractivity contribution in [1.82, 2.24) is 19.9 Å². The number of nitrogens with two attached hydrogens (primary N) is 2. The summed E-state index contributed by atoms with van der Waals surface area (Å²) in [4.78, 5) is 19.8. The van der Waals surface area contributed by atoms with Crippen LogP contribution in [-0.4, -0.2) is 40.2 Å². The molecule has 1 aliphatic carbocycles. The number of rotatable bonds is 3. The molecule has 0 saturated heterocycles. The predicted molar refractivity (Wildman–Crippen MR) is 146 cm³/mol. The minimum atomic E-state index is -0.791. The van der Waals surface area contributed by atoms with Crippen molar-refractivity contribution < 1.29 is 18.3 Å². The van der Waals surface area contributed by atoms with Gasteiger partial charge in [0.05, 0.1) is 30.0 Å². The van der Waals surface area contributed by atoms with Crippen LogP contribution in [0.25, 0.3) is 32.2 Å². The lowest BCUT2D eigenvalue weighted by atomic mass is 10.0. The van der Waals surface area contributed by atoms with E-state index in [1.807, 2.05) is 17.0 Å². The first-order valence-corrected chi connectivity index (χ1v) is 13.2. The van der Waals surface area contributed by atoms with Crippen LogP contribution < -0.4 is 25.8 Å². The molecule has 4 N–H and O–H groups in total. The van der Waals surface area contributed by atoms with E-state index in [-0.39, 0.29) is 67.4 Å². The Bertz CT molecular complexity index is 1920. The van der Waals surface area contributed by atoms with E-state index in [0.717, 1.165) is 35.3 Å². The summed E-state index contributed by atoms with van der Waals surface area (Å²) in [6.07, 6.45) is 3.25. The quantitative estimate of drug-likeness (QED) is 0.324. The normalized spacial score (nSPS) is 16.1. The van der Waals surface area contributed by atoms with Crippen molar-refractivity contribution in [3.8, 4) is 29.2 Å². The number of fused-ring (bicyclic) bond motifs is 2. The second-order valence-electron chi connectivity index (χ2n) is 9.45. The van der Waals surface area contributed by atoms with Crippen LogP contribution in [0.2, 0.25) is 0 Å². The van der Waals surface area contributed by atoms with Crippen LogP contribution in [0.1, 0.15) is 29.2 Å². The molecule has 4 aromatic heterocycles. The first kappa shape index (κ1) is 24.2. The molecule has 0 amide bonds. The van der Waals surface area contributed by atoms with E-state index < -0.39 is 11.6 Å². The molecular weight excluding hydrogens is 538 g/mol. The number of nitrogens with zero attached hydrogens (tertiary/aromatic N) is 6. The molecule has 1 aromatic carbocycles. The van der Waals surface area contributed by atoms with Gasteiger partial charge in [-0.1, -0.05) is 0 Å². The Morgan fingerprint density at radius 1 is 1.18 bits per heavy atom. The van der Waals surface area contributed by atoms with Gasteiger partial charge in [0.15, 0.2) is 5.82 Å². The van der Waals surface area contributed by atoms with Crippen molar-refractivity contribution in [2.45, 2.75) is 18.9 Å². The van der Waals surface area contributed by atoms with Crippen LogP contribution in [0.3, 0.4) is 0 Å². The third-order valence-corrected chi connectivity index (χ3v) is 8.46. The van der Waals surface area contributed by atoms with Crippen LogP contribution >= 0.6 is 11.3 Å². The first-order valence-electron chi connectivity index (χ1n) is 12.4. The Hall–Kier alpha value is -4.83. The monoisotopic (exact) mass is 558 g/mol. The minimum Gasteiger partial charge on any atom is -0.475 e. The van der Waals surface area contributed by atoms with Crippen LogP contribution in [0.4, 0.5) is 25.4 Å². The average Bonchev–Trinajstić information content (AvgIpc) is 3.48. The maximum atomic E-state index is 16.5. The number of nitrogen functional groups attached to an aromatic ring is 2. The predicted octanol–water partition coefficient (Wildman–Crippen LogP) is 4.51. The highest BCUT2D eigenvalue weighted by Crippen LogP contribution is 2.47. The zero-order chi connectivity index (χ0) is 27.7. The van der Waals surface area contributed by atoms with E-state index in [4.69, 9.17) is 20.9 Å². The fourth-order valence-corrected chi connectivity index (χ4v) is 6.66. The largest absolute Gasteiger partial charge is 0.475 e. The molecule has 1 atom stereocenters. The number of thiophene rings is 1. The number of nitriles is 1. The molecule has 1 unspecified atom stereocenters. The van der Waals surface area contributed by atoms with Gasteiger partial charge < -0.3 is 25.8 Å². The van der Waals surface area contributed by atoms with Gasteiger partial charge in [-0.25, -0.2) is 18.7 Å². The molecule has 10 nitrogen and oxygen atoms in total. The van der Waals surface area contributed by atoms with Gasteiger partial charge in [0.2, 0.25) is 5.88 Å². The number of benzene rings is 1. The fourth-order valence-electron chi connectivity index (χ4n) is 5.72. The van der Waals surface area contributed by atoms with Gasteiger partial charge >= 0.3 is 6.01 Å². The van der Waals surface area contributed by atoms with Crippen molar-refractivity contribution in [3.05, 3.63) is 52.7 Å². The Labute approximate surface area is 229 Å². The average molecular weight is 559 g/mol. The van der Waals surface area contributed by atoms with Crippen molar-refractivity contribution >= 4 is 49.0 Å². The molecule has 0 radical (unpaired) electrons. The number of aryl methyl sites for hydroxylation is 1. The molecule has 5 aromatic rings. The molecule has 0 bridgehead atoms. The molecule has 40 heavy (non-hydrogen) atoms. The van der Waals surface area contributed by atoms with E-state index in [2.05, 4.69) is 19.9 Å². The van der Waals surface area contributed by atoms with Crippen molar-refractivity contribution in [2.75, 3.05) is 36.6 Å². The summed E-state index contributed by atoms with van der Waals surface area (Å²) in [6.45, 7) is 0.618. The zero-order valence-electron chi connectivity index (χ0n) is 21.0. The Morgan fingerprint density at radius 3 is 2.83 bits per heavy atom. The van der Waals surface area contributed by atoms with E-state index in [1.54, 1.807) is 6.20 Å². The first-order chi connectivity index (χ1) is 19.4. The van der Waals surface area contributed by atoms with Crippen LogP contribution in [0.5, 0.6) is 11.9 Å². The second-order valence-corrected chi connectivity index (χ2v) is 10.5. The maximum absolute atomic E-state index is 16.5. The summed E-state index contributed by atoms with van der Waals surface area (Å²) in [5, 5.41) is 10.3. The van der Waals surface area contributed by atoms with E-state index >= 15 is 4.39 Å². The molecule has 0 spiro atoms. The summed E-state index contributed by atoms with van der Waals surface area (Å²) in [5.41, 5.74) is 14.3. The van der Waals surface area contributed by atoms with Gasteiger partial charge in [0, 0.05) is 22.7 Å². The van der Waals surface area contributed by atoms with Crippen molar-refractivity contribution in [2.24, 2.45) is 0 Å². The number of methoxy groups -OCH3 is 1. The summed E-state index contributed by atoms with van der Waals surface area (Å²) in [5.74, 6) is -0.412. The number of pyridine rings is 2. The number of ether oxygens (including phenoxy) is 2. The minimum absolute atomic E-state index is 0.0458. The van der Waals surface area contributed by atoms with Gasteiger partial charge in [-0.05, 0) is 36.6 Å². The van der Waals surface area contributed by atoms with Crippen LogP contribution in [-0.2, 0) is 6.42 Å². The summed E-state index contributed by atoms with van der Waals surface area (Å²) < 4.78 is 42.8.